The highest BCUT2D eigenvalue weighted by Gasteiger charge is 2.31. The van der Waals surface area contributed by atoms with Gasteiger partial charge in [-0.3, -0.25) is 9.59 Å². The van der Waals surface area contributed by atoms with E-state index in [1.165, 1.54) is 6.08 Å². The number of carbonyl (C=O) groups excluding carboxylic acids is 2. The maximum Gasteiger partial charge on any atom is 0.246 e. The second-order valence-electron chi connectivity index (χ2n) is 5.92. The Morgan fingerprint density at radius 3 is 2.91 bits per heavy atom. The third-order valence-corrected chi connectivity index (χ3v) is 4.29. The first-order chi connectivity index (χ1) is 11.1. The fourth-order valence-electron chi connectivity index (χ4n) is 2.99. The zero-order chi connectivity index (χ0) is 16.4. The Balaban J connectivity index is 1.77. The van der Waals surface area contributed by atoms with Crippen LogP contribution in [0, 0.1) is 5.92 Å². The van der Waals surface area contributed by atoms with Crippen molar-refractivity contribution >= 4 is 22.8 Å². The zero-order valence-corrected chi connectivity index (χ0v) is 13.2. The molecule has 0 saturated carbocycles. The van der Waals surface area contributed by atoms with Gasteiger partial charge in [-0.1, -0.05) is 24.8 Å². The van der Waals surface area contributed by atoms with E-state index in [-0.39, 0.29) is 17.7 Å². The first kappa shape index (κ1) is 15.3. The van der Waals surface area contributed by atoms with Gasteiger partial charge in [-0.15, -0.1) is 0 Å². The van der Waals surface area contributed by atoms with Crippen LogP contribution in [-0.2, 0) is 16.1 Å². The van der Waals surface area contributed by atoms with Gasteiger partial charge in [-0.05, 0) is 24.6 Å². The van der Waals surface area contributed by atoms with Crippen molar-refractivity contribution in [2.75, 3.05) is 20.1 Å². The summed E-state index contributed by atoms with van der Waals surface area (Å²) in [7, 11) is 1.79. The molecular weight excluding hydrogens is 292 g/mol. The quantitative estimate of drug-likeness (QED) is 0.797. The van der Waals surface area contributed by atoms with E-state index in [0.29, 0.717) is 18.8 Å². The number of fused-ring (bicyclic) bond motifs is 1. The van der Waals surface area contributed by atoms with E-state index in [1.807, 2.05) is 30.3 Å². The summed E-state index contributed by atoms with van der Waals surface area (Å²) < 4.78 is 5.78. The summed E-state index contributed by atoms with van der Waals surface area (Å²) in [5, 5.41) is 1.00. The Morgan fingerprint density at radius 2 is 2.26 bits per heavy atom. The van der Waals surface area contributed by atoms with Crippen molar-refractivity contribution in [3.63, 3.8) is 0 Å². The number of benzene rings is 1. The van der Waals surface area contributed by atoms with Gasteiger partial charge >= 0.3 is 0 Å². The molecule has 0 bridgehead atoms. The SMILES string of the molecule is C=CC(=O)N(Cc1cc2ccccc2o1)CC1CCN(C)C1=O. The van der Waals surface area contributed by atoms with Crippen LogP contribution < -0.4 is 0 Å². The molecule has 1 fully saturated rings. The van der Waals surface area contributed by atoms with Gasteiger partial charge in [0.1, 0.15) is 11.3 Å². The summed E-state index contributed by atoms with van der Waals surface area (Å²) >= 11 is 0. The predicted octanol–water partition coefficient (Wildman–Crippen LogP) is 2.43. The number of furan rings is 1. The number of amides is 2. The topological polar surface area (TPSA) is 53.8 Å². The summed E-state index contributed by atoms with van der Waals surface area (Å²) in [6.45, 7) is 5.03. The van der Waals surface area contributed by atoms with Gasteiger partial charge < -0.3 is 14.2 Å². The van der Waals surface area contributed by atoms with E-state index in [1.54, 1.807) is 16.8 Å². The fourth-order valence-corrected chi connectivity index (χ4v) is 2.99. The Hall–Kier alpha value is -2.56. The number of hydrogen-bond acceptors (Lipinski definition) is 3. The van der Waals surface area contributed by atoms with Crippen molar-refractivity contribution in [2.24, 2.45) is 5.92 Å². The van der Waals surface area contributed by atoms with Gasteiger partial charge in [0.2, 0.25) is 11.8 Å². The summed E-state index contributed by atoms with van der Waals surface area (Å²) in [5.41, 5.74) is 0.796. The molecule has 23 heavy (non-hydrogen) atoms. The first-order valence-electron chi connectivity index (χ1n) is 7.72. The summed E-state index contributed by atoms with van der Waals surface area (Å²) in [5.74, 6) is 0.470. The maximum atomic E-state index is 12.1. The standard InChI is InChI=1S/C18H20N2O3/c1-3-17(21)20(11-14-8-9-19(2)18(14)22)12-15-10-13-6-4-5-7-16(13)23-15/h3-7,10,14H,1,8-9,11-12H2,2H3. The monoisotopic (exact) mass is 312 g/mol. The largest absolute Gasteiger partial charge is 0.459 e. The lowest BCUT2D eigenvalue weighted by Gasteiger charge is -2.23. The Morgan fingerprint density at radius 1 is 1.48 bits per heavy atom. The van der Waals surface area contributed by atoms with Gasteiger partial charge in [0.05, 0.1) is 12.5 Å². The highest BCUT2D eigenvalue weighted by Crippen LogP contribution is 2.22. The molecule has 0 N–H and O–H groups in total. The minimum absolute atomic E-state index is 0.0940. The molecular formula is C18H20N2O3. The smallest absolute Gasteiger partial charge is 0.246 e. The highest BCUT2D eigenvalue weighted by atomic mass is 16.3. The minimum atomic E-state index is -0.187. The molecule has 2 aromatic rings. The normalized spacial score (nSPS) is 17.7. The van der Waals surface area contributed by atoms with Crippen LogP contribution >= 0.6 is 0 Å². The van der Waals surface area contributed by atoms with Crippen molar-refractivity contribution in [1.82, 2.24) is 9.80 Å². The minimum Gasteiger partial charge on any atom is -0.459 e. The van der Waals surface area contributed by atoms with Crippen LogP contribution in [0.5, 0.6) is 0 Å². The molecule has 0 radical (unpaired) electrons. The van der Waals surface area contributed by atoms with Crippen LogP contribution in [0.3, 0.4) is 0 Å². The van der Waals surface area contributed by atoms with Crippen molar-refractivity contribution in [1.29, 1.82) is 0 Å². The Kier molecular flexibility index (Phi) is 4.19. The van der Waals surface area contributed by atoms with Crippen LogP contribution in [0.4, 0.5) is 0 Å². The van der Waals surface area contributed by atoms with Crippen molar-refractivity contribution in [3.8, 4) is 0 Å². The van der Waals surface area contributed by atoms with Gasteiger partial charge in [0.25, 0.3) is 0 Å². The van der Waals surface area contributed by atoms with Crippen LogP contribution in [0.15, 0.2) is 47.4 Å². The lowest BCUT2D eigenvalue weighted by molar-refractivity contribution is -0.132. The molecule has 1 aromatic carbocycles. The number of hydrogen-bond donors (Lipinski definition) is 0. The molecule has 1 aliphatic heterocycles. The molecule has 1 unspecified atom stereocenters. The van der Waals surface area contributed by atoms with Gasteiger partial charge in [0.15, 0.2) is 0 Å². The average Bonchev–Trinajstić information content (AvgIpc) is 3.10. The molecule has 2 amide bonds. The van der Waals surface area contributed by atoms with Gasteiger partial charge in [-0.25, -0.2) is 0 Å². The molecule has 5 heteroatoms. The molecule has 1 saturated heterocycles. The maximum absolute atomic E-state index is 12.1. The molecule has 120 valence electrons. The van der Waals surface area contributed by atoms with E-state index in [2.05, 4.69) is 6.58 Å². The van der Waals surface area contributed by atoms with E-state index in [0.717, 1.165) is 23.9 Å². The lowest BCUT2D eigenvalue weighted by Crippen LogP contribution is -2.36. The molecule has 3 rings (SSSR count). The lowest BCUT2D eigenvalue weighted by atomic mass is 10.1. The van der Waals surface area contributed by atoms with E-state index in [9.17, 15) is 9.59 Å². The van der Waals surface area contributed by atoms with Crippen LogP contribution in [0.25, 0.3) is 11.0 Å². The molecule has 0 aliphatic carbocycles. The van der Waals surface area contributed by atoms with E-state index in [4.69, 9.17) is 4.42 Å². The van der Waals surface area contributed by atoms with Crippen molar-refractivity contribution in [3.05, 3.63) is 48.7 Å². The number of nitrogens with zero attached hydrogens (tertiary/aromatic N) is 2. The average molecular weight is 312 g/mol. The Labute approximate surface area is 135 Å². The zero-order valence-electron chi connectivity index (χ0n) is 13.2. The van der Waals surface area contributed by atoms with Gasteiger partial charge in [-0.2, -0.15) is 0 Å². The first-order valence-corrected chi connectivity index (χ1v) is 7.72. The third-order valence-electron chi connectivity index (χ3n) is 4.29. The van der Waals surface area contributed by atoms with Crippen LogP contribution in [-0.4, -0.2) is 41.8 Å². The molecule has 0 spiro atoms. The second-order valence-corrected chi connectivity index (χ2v) is 5.92. The van der Waals surface area contributed by atoms with Crippen molar-refractivity contribution in [2.45, 2.75) is 13.0 Å². The predicted molar refractivity (Wildman–Crippen MR) is 87.6 cm³/mol. The number of rotatable bonds is 5. The third kappa shape index (κ3) is 3.13. The summed E-state index contributed by atoms with van der Waals surface area (Å²) in [6, 6.07) is 9.66. The van der Waals surface area contributed by atoms with Crippen molar-refractivity contribution < 1.29 is 14.0 Å². The highest BCUT2D eigenvalue weighted by molar-refractivity contribution is 5.88. The Bertz CT molecular complexity index is 717. The second kappa shape index (κ2) is 6.28. The molecule has 5 nitrogen and oxygen atoms in total. The summed E-state index contributed by atoms with van der Waals surface area (Å²) in [4.78, 5) is 27.6. The molecule has 1 aromatic heterocycles. The van der Waals surface area contributed by atoms with E-state index < -0.39 is 0 Å². The molecule has 1 aliphatic rings. The molecule has 2 heterocycles. The number of carbonyl (C=O) groups is 2. The number of para-hydroxylation sites is 1. The summed E-state index contributed by atoms with van der Waals surface area (Å²) in [6.07, 6.45) is 2.06. The number of likely N-dealkylation sites (tertiary alicyclic amines) is 1. The van der Waals surface area contributed by atoms with Crippen LogP contribution in [0.1, 0.15) is 12.2 Å². The van der Waals surface area contributed by atoms with Gasteiger partial charge in [0, 0.05) is 25.5 Å². The molecule has 1 atom stereocenters. The van der Waals surface area contributed by atoms with E-state index >= 15 is 0 Å². The van der Waals surface area contributed by atoms with Crippen LogP contribution in [0.2, 0.25) is 0 Å². The fraction of sp³-hybridized carbons (Fsp3) is 0.333.